The SMILES string of the molecule is CN(C)[C@@H]1C(=O)C(C(N)=O)C(=O)[C@@]2(O)C(=O)C3C(=O)c4c(O)cncc4[C@H](c4ccc(OC(F)(F)F)cc4)[C@H]3C[C@@H]12. The van der Waals surface area contributed by atoms with E-state index in [1.54, 1.807) is 0 Å². The number of rotatable bonds is 4. The molecule has 0 aliphatic heterocycles. The highest BCUT2D eigenvalue weighted by Crippen LogP contribution is 2.55. The molecule has 1 aromatic carbocycles. The number of hydrogen-bond donors (Lipinski definition) is 3. The Labute approximate surface area is 230 Å². The van der Waals surface area contributed by atoms with Gasteiger partial charge in [0.2, 0.25) is 5.91 Å². The minimum Gasteiger partial charge on any atom is -0.506 e. The molecule has 1 aromatic heterocycles. The van der Waals surface area contributed by atoms with Crippen molar-refractivity contribution in [1.82, 2.24) is 9.88 Å². The summed E-state index contributed by atoms with van der Waals surface area (Å²) < 4.78 is 42.1. The van der Waals surface area contributed by atoms with Crippen molar-refractivity contribution in [1.29, 1.82) is 0 Å². The number of ether oxygens (including phenoxy) is 1. The molecular formula is C27H24F3N3O8. The maximum atomic E-state index is 14.1. The predicted octanol–water partition coefficient (Wildman–Crippen LogP) is 0.750. The summed E-state index contributed by atoms with van der Waals surface area (Å²) in [5, 5.41) is 22.3. The maximum absolute atomic E-state index is 14.1. The van der Waals surface area contributed by atoms with Crippen molar-refractivity contribution in [3.05, 3.63) is 53.3 Å². The first-order valence-electron chi connectivity index (χ1n) is 12.5. The molecule has 0 spiro atoms. The Morgan fingerprint density at radius 3 is 2.27 bits per heavy atom. The van der Waals surface area contributed by atoms with Crippen LogP contribution in [0.25, 0.3) is 0 Å². The van der Waals surface area contributed by atoms with E-state index < -0.39 is 88.1 Å². The lowest BCUT2D eigenvalue weighted by molar-refractivity contribution is -0.274. The number of carbonyl (C=O) groups is 5. The maximum Gasteiger partial charge on any atom is 0.573 e. The number of carbonyl (C=O) groups excluding carboxylic acids is 5. The van der Waals surface area contributed by atoms with Gasteiger partial charge >= 0.3 is 6.36 Å². The highest BCUT2D eigenvalue weighted by molar-refractivity contribution is 6.32. The molecule has 2 aromatic rings. The number of nitrogens with two attached hydrogens (primary N) is 1. The molecule has 3 aliphatic carbocycles. The Kier molecular flexibility index (Phi) is 6.54. The first kappa shape index (κ1) is 28.4. The van der Waals surface area contributed by atoms with Crippen LogP contribution >= 0.6 is 0 Å². The molecule has 0 bridgehead atoms. The van der Waals surface area contributed by atoms with Crippen molar-refractivity contribution in [3.8, 4) is 11.5 Å². The van der Waals surface area contributed by atoms with Gasteiger partial charge in [-0.15, -0.1) is 13.2 Å². The summed E-state index contributed by atoms with van der Waals surface area (Å²) >= 11 is 0. The van der Waals surface area contributed by atoms with Gasteiger partial charge in [0, 0.05) is 18.0 Å². The lowest BCUT2D eigenvalue weighted by Gasteiger charge is -2.54. The molecule has 3 aliphatic rings. The van der Waals surface area contributed by atoms with Crippen LogP contribution in [0.3, 0.4) is 0 Å². The number of amides is 1. The monoisotopic (exact) mass is 575 g/mol. The number of aromatic hydroxyl groups is 1. The zero-order valence-electron chi connectivity index (χ0n) is 21.6. The average molecular weight is 575 g/mol. The number of aliphatic hydroxyl groups is 1. The van der Waals surface area contributed by atoms with E-state index in [1.165, 1.54) is 37.3 Å². The van der Waals surface area contributed by atoms with Gasteiger partial charge in [-0.2, -0.15) is 0 Å². The van der Waals surface area contributed by atoms with Gasteiger partial charge in [0.15, 0.2) is 34.7 Å². The van der Waals surface area contributed by atoms with E-state index in [0.29, 0.717) is 5.56 Å². The zero-order chi connectivity index (χ0) is 30.2. The molecule has 14 heteroatoms. The van der Waals surface area contributed by atoms with Crippen LogP contribution in [0, 0.1) is 23.7 Å². The van der Waals surface area contributed by atoms with Crippen LogP contribution in [0.5, 0.6) is 11.5 Å². The van der Waals surface area contributed by atoms with E-state index >= 15 is 0 Å². The van der Waals surface area contributed by atoms with E-state index in [-0.39, 0.29) is 17.5 Å². The zero-order valence-corrected chi connectivity index (χ0v) is 21.6. The molecule has 11 nitrogen and oxygen atoms in total. The molecule has 0 saturated heterocycles. The van der Waals surface area contributed by atoms with E-state index in [0.717, 1.165) is 18.3 Å². The summed E-state index contributed by atoms with van der Waals surface area (Å²) in [6.45, 7) is 0. The molecule has 7 atom stereocenters. The van der Waals surface area contributed by atoms with Crippen molar-refractivity contribution in [3.63, 3.8) is 0 Å². The molecule has 5 rings (SSSR count). The minimum atomic E-state index is -4.95. The third-order valence-electron chi connectivity index (χ3n) is 8.30. The van der Waals surface area contributed by atoms with Crippen LogP contribution in [0.15, 0.2) is 36.7 Å². The van der Waals surface area contributed by atoms with Gasteiger partial charge in [0.25, 0.3) is 0 Å². The Hall–Kier alpha value is -4.17. The third-order valence-corrected chi connectivity index (χ3v) is 8.30. The van der Waals surface area contributed by atoms with Gasteiger partial charge in [-0.25, -0.2) is 0 Å². The number of hydrogen-bond acceptors (Lipinski definition) is 10. The van der Waals surface area contributed by atoms with Gasteiger partial charge in [-0.1, -0.05) is 12.1 Å². The van der Waals surface area contributed by atoms with Gasteiger partial charge in [0.1, 0.15) is 11.5 Å². The number of pyridine rings is 1. The Morgan fingerprint density at radius 2 is 1.71 bits per heavy atom. The summed E-state index contributed by atoms with van der Waals surface area (Å²) in [5.41, 5.74) is 2.59. The summed E-state index contributed by atoms with van der Waals surface area (Å²) in [4.78, 5) is 71.9. The van der Waals surface area contributed by atoms with Crippen molar-refractivity contribution in [2.24, 2.45) is 29.4 Å². The van der Waals surface area contributed by atoms with Crippen LogP contribution in [0.2, 0.25) is 0 Å². The molecule has 2 unspecified atom stereocenters. The molecule has 0 radical (unpaired) electrons. The lowest BCUT2D eigenvalue weighted by atomic mass is 9.50. The van der Waals surface area contributed by atoms with E-state index in [2.05, 4.69) is 9.72 Å². The minimum absolute atomic E-state index is 0.170. The number of benzene rings is 1. The first-order valence-corrected chi connectivity index (χ1v) is 12.5. The number of halogens is 3. The molecule has 1 heterocycles. The van der Waals surface area contributed by atoms with Gasteiger partial charge < -0.3 is 20.7 Å². The number of nitrogens with zero attached hydrogens (tertiary/aromatic N) is 2. The van der Waals surface area contributed by atoms with E-state index in [9.17, 15) is 47.4 Å². The second kappa shape index (κ2) is 9.45. The fraction of sp³-hybridized carbons (Fsp3) is 0.407. The normalized spacial score (nSPS) is 31.4. The van der Waals surface area contributed by atoms with Crippen LogP contribution in [-0.4, -0.2) is 81.2 Å². The Balaban J connectivity index is 1.69. The molecule has 2 saturated carbocycles. The molecular weight excluding hydrogens is 551 g/mol. The van der Waals surface area contributed by atoms with Gasteiger partial charge in [-0.3, -0.25) is 33.9 Å². The Morgan fingerprint density at radius 1 is 1.07 bits per heavy atom. The molecule has 2 fully saturated rings. The van der Waals surface area contributed by atoms with Crippen LogP contribution in [0.4, 0.5) is 13.2 Å². The molecule has 4 N–H and O–H groups in total. The number of aromatic nitrogens is 1. The highest BCUT2D eigenvalue weighted by Gasteiger charge is 2.70. The fourth-order valence-electron chi connectivity index (χ4n) is 6.78. The lowest BCUT2D eigenvalue weighted by Crippen LogP contribution is -2.74. The molecule has 216 valence electrons. The molecule has 1 amide bonds. The van der Waals surface area contributed by atoms with Gasteiger partial charge in [-0.05, 0) is 49.7 Å². The third kappa shape index (κ3) is 4.20. The van der Waals surface area contributed by atoms with Crippen molar-refractivity contribution in [2.75, 3.05) is 14.1 Å². The van der Waals surface area contributed by atoms with Crippen molar-refractivity contribution < 1.29 is 52.1 Å². The van der Waals surface area contributed by atoms with Crippen LogP contribution in [-0.2, 0) is 19.2 Å². The highest BCUT2D eigenvalue weighted by atomic mass is 19.4. The number of primary amides is 1. The first-order chi connectivity index (χ1) is 19.1. The number of alkyl halides is 3. The summed E-state index contributed by atoms with van der Waals surface area (Å²) in [6.07, 6.45) is -2.96. The quantitative estimate of drug-likeness (QED) is 0.441. The topological polar surface area (TPSA) is 177 Å². The average Bonchev–Trinajstić information content (AvgIpc) is 2.86. The number of likely N-dealkylation sites (N-methyl/N-ethyl adjacent to an activating group) is 1. The number of Topliss-reactive ketones (excluding diaryl/α,β-unsaturated/α-hetero) is 4. The molecule has 41 heavy (non-hydrogen) atoms. The van der Waals surface area contributed by atoms with Crippen LogP contribution < -0.4 is 10.5 Å². The van der Waals surface area contributed by atoms with Crippen molar-refractivity contribution in [2.45, 2.75) is 30.3 Å². The van der Waals surface area contributed by atoms with Gasteiger partial charge in [0.05, 0.1) is 23.7 Å². The second-order valence-electron chi connectivity index (χ2n) is 10.7. The summed E-state index contributed by atoms with van der Waals surface area (Å²) in [7, 11) is 2.90. The second-order valence-corrected chi connectivity index (χ2v) is 10.7. The number of fused-ring (bicyclic) bond motifs is 3. The summed E-state index contributed by atoms with van der Waals surface area (Å²) in [5.74, 6) is -14.1. The predicted molar refractivity (Wildman–Crippen MR) is 130 cm³/mol. The largest absolute Gasteiger partial charge is 0.573 e. The standard InChI is InChI=1S/C27H24F3N3O8/c1-33(2)20-14-7-12-16(10-3-5-11(6-4-10)41-27(28,29)30)13-8-32-9-15(34)17(13)21(35)18(12)23(37)26(14,40)24(38)19(22(20)36)25(31)39/h3-6,8-9,12,14,16,18-20,34,40H,7H2,1-2H3,(H2,31,39)/t12-,14+,16-,18?,19?,20+,26+/m1/s1. The smallest absolute Gasteiger partial charge is 0.506 e. The van der Waals surface area contributed by atoms with Crippen LogP contribution in [0.1, 0.15) is 33.8 Å². The van der Waals surface area contributed by atoms with E-state index in [1.807, 2.05) is 0 Å². The van der Waals surface area contributed by atoms with E-state index in [4.69, 9.17) is 5.73 Å². The fourth-order valence-corrected chi connectivity index (χ4v) is 6.78. The Bertz CT molecular complexity index is 1490. The number of ketones is 4. The van der Waals surface area contributed by atoms with Crippen molar-refractivity contribution >= 4 is 29.0 Å². The summed E-state index contributed by atoms with van der Waals surface area (Å²) in [6, 6.07) is 3.35.